The third kappa shape index (κ3) is 1.94. The van der Waals surface area contributed by atoms with Gasteiger partial charge in [0.05, 0.1) is 29.5 Å². The summed E-state index contributed by atoms with van der Waals surface area (Å²) in [5, 5.41) is 10.1. The highest BCUT2D eigenvalue weighted by atomic mass is 32.1. The van der Waals surface area contributed by atoms with E-state index in [1.165, 1.54) is 11.3 Å². The molecule has 1 aromatic heterocycles. The maximum absolute atomic E-state index is 11.2. The van der Waals surface area contributed by atoms with Gasteiger partial charge in [-0.05, 0) is 19.3 Å². The summed E-state index contributed by atoms with van der Waals surface area (Å²) in [5.41, 5.74) is 0.535. The van der Waals surface area contributed by atoms with Crippen LogP contribution in [0.5, 0.6) is 0 Å². The molecule has 2 aliphatic heterocycles. The van der Waals surface area contributed by atoms with Gasteiger partial charge in [0.1, 0.15) is 4.88 Å². The summed E-state index contributed by atoms with van der Waals surface area (Å²) < 4.78 is 10.8. The number of nitrogens with zero attached hydrogens (tertiary/aromatic N) is 1. The lowest BCUT2D eigenvalue weighted by atomic mass is 9.90. The van der Waals surface area contributed by atoms with Crippen LogP contribution in [0.25, 0.3) is 0 Å². The molecule has 0 spiro atoms. The van der Waals surface area contributed by atoms with Crippen molar-refractivity contribution in [3.8, 4) is 0 Å². The van der Waals surface area contributed by atoms with Crippen molar-refractivity contribution < 1.29 is 19.4 Å². The Labute approximate surface area is 109 Å². The minimum Gasteiger partial charge on any atom is -0.477 e. The van der Waals surface area contributed by atoms with E-state index >= 15 is 0 Å². The van der Waals surface area contributed by atoms with Gasteiger partial charge in [-0.3, -0.25) is 0 Å². The molecule has 5 nitrogen and oxygen atoms in total. The molecule has 3 atom stereocenters. The molecule has 0 saturated carbocycles. The number of carboxylic acids is 1. The van der Waals surface area contributed by atoms with Crippen LogP contribution in [-0.2, 0) is 16.1 Å². The average Bonchev–Trinajstić information content (AvgIpc) is 3.02. The molecule has 0 amide bonds. The normalized spacial score (nSPS) is 29.9. The molecule has 0 radical (unpaired) electrons. The van der Waals surface area contributed by atoms with E-state index in [1.807, 2.05) is 0 Å². The first kappa shape index (κ1) is 12.1. The van der Waals surface area contributed by atoms with Gasteiger partial charge in [-0.15, -0.1) is 11.3 Å². The van der Waals surface area contributed by atoms with Gasteiger partial charge in [0.25, 0.3) is 0 Å². The second-order valence-corrected chi connectivity index (χ2v) is 5.81. The van der Waals surface area contributed by atoms with E-state index in [9.17, 15) is 4.79 Å². The first-order chi connectivity index (χ1) is 8.69. The Balaban J connectivity index is 1.88. The summed E-state index contributed by atoms with van der Waals surface area (Å²) >= 11 is 1.27. The smallest absolute Gasteiger partial charge is 0.347 e. The fraction of sp³-hybridized carbons (Fsp3) is 0.667. The number of methoxy groups -OCH3 is 1. The van der Waals surface area contributed by atoms with Gasteiger partial charge in [0.2, 0.25) is 0 Å². The Morgan fingerprint density at radius 2 is 2.44 bits per heavy atom. The van der Waals surface area contributed by atoms with E-state index in [2.05, 4.69) is 4.98 Å². The highest BCUT2D eigenvalue weighted by Crippen LogP contribution is 2.45. The molecule has 18 heavy (non-hydrogen) atoms. The summed E-state index contributed by atoms with van der Waals surface area (Å²) in [4.78, 5) is 15.9. The van der Waals surface area contributed by atoms with E-state index in [4.69, 9.17) is 14.6 Å². The van der Waals surface area contributed by atoms with Crippen LogP contribution in [0.3, 0.4) is 0 Å². The van der Waals surface area contributed by atoms with Crippen molar-refractivity contribution in [2.45, 2.75) is 44.0 Å². The summed E-state index contributed by atoms with van der Waals surface area (Å²) in [6.45, 7) is 0.250. The van der Waals surface area contributed by atoms with Crippen LogP contribution in [0, 0.1) is 0 Å². The Kier molecular flexibility index (Phi) is 3.09. The number of carboxylic acid groups (broad SMARTS) is 1. The lowest BCUT2D eigenvalue weighted by Gasteiger charge is -2.15. The van der Waals surface area contributed by atoms with Gasteiger partial charge in [-0.1, -0.05) is 0 Å². The van der Waals surface area contributed by atoms with Crippen LogP contribution in [0.1, 0.15) is 45.6 Å². The van der Waals surface area contributed by atoms with Crippen LogP contribution >= 0.6 is 11.3 Å². The van der Waals surface area contributed by atoms with Crippen LogP contribution < -0.4 is 0 Å². The standard InChI is InChI=1S/C12H15NO4S/c1-16-5-8-10(12(14)15)18-11(13-8)7-4-6-2-3-9(7)17-6/h6-7,9H,2-5H2,1H3,(H,14,15). The average molecular weight is 269 g/mol. The summed E-state index contributed by atoms with van der Waals surface area (Å²) in [5.74, 6) is -0.646. The maximum Gasteiger partial charge on any atom is 0.347 e. The van der Waals surface area contributed by atoms with Crippen molar-refractivity contribution >= 4 is 17.3 Å². The Bertz CT molecular complexity index is 473. The zero-order valence-corrected chi connectivity index (χ0v) is 10.9. The molecular formula is C12H15NO4S. The molecule has 0 aliphatic carbocycles. The van der Waals surface area contributed by atoms with Crippen molar-refractivity contribution in [2.24, 2.45) is 0 Å². The molecule has 3 heterocycles. The van der Waals surface area contributed by atoms with Gasteiger partial charge in [0.15, 0.2) is 0 Å². The number of aromatic nitrogens is 1. The molecular weight excluding hydrogens is 254 g/mol. The van der Waals surface area contributed by atoms with Crippen LogP contribution in [0.4, 0.5) is 0 Å². The van der Waals surface area contributed by atoms with Crippen molar-refractivity contribution in [2.75, 3.05) is 7.11 Å². The minimum absolute atomic E-state index is 0.234. The zero-order valence-electron chi connectivity index (χ0n) is 10.1. The van der Waals surface area contributed by atoms with E-state index < -0.39 is 5.97 Å². The number of aromatic carboxylic acids is 1. The molecule has 2 fully saturated rings. The van der Waals surface area contributed by atoms with Crippen LogP contribution in [0.2, 0.25) is 0 Å². The molecule has 2 saturated heterocycles. The Hall–Kier alpha value is -0.980. The first-order valence-electron chi connectivity index (χ1n) is 6.06. The monoisotopic (exact) mass is 269 g/mol. The molecule has 98 valence electrons. The molecule has 6 heteroatoms. The molecule has 3 unspecified atom stereocenters. The number of fused-ring (bicyclic) bond motifs is 2. The SMILES string of the molecule is COCc1nc(C2CC3CCC2O3)sc1C(=O)O. The van der Waals surface area contributed by atoms with Gasteiger partial charge < -0.3 is 14.6 Å². The van der Waals surface area contributed by atoms with Crippen molar-refractivity contribution in [1.29, 1.82) is 0 Å². The topological polar surface area (TPSA) is 68.7 Å². The van der Waals surface area contributed by atoms with Crippen molar-refractivity contribution in [1.82, 2.24) is 4.98 Å². The third-order valence-electron chi connectivity index (χ3n) is 3.61. The zero-order chi connectivity index (χ0) is 12.7. The molecule has 1 N–H and O–H groups in total. The third-order valence-corrected chi connectivity index (χ3v) is 4.83. The van der Waals surface area contributed by atoms with E-state index in [0.29, 0.717) is 16.7 Å². The number of rotatable bonds is 4. The fourth-order valence-corrected chi connectivity index (χ4v) is 3.90. The van der Waals surface area contributed by atoms with E-state index in [1.54, 1.807) is 7.11 Å². The predicted molar refractivity (Wildman–Crippen MR) is 65.0 cm³/mol. The molecule has 2 bridgehead atoms. The lowest BCUT2D eigenvalue weighted by molar-refractivity contribution is 0.0697. The number of thiazole rings is 1. The summed E-state index contributed by atoms with van der Waals surface area (Å²) in [7, 11) is 1.55. The Morgan fingerprint density at radius 3 is 3.00 bits per heavy atom. The quantitative estimate of drug-likeness (QED) is 0.905. The van der Waals surface area contributed by atoms with Crippen LogP contribution in [-0.4, -0.2) is 35.4 Å². The number of hydrogen-bond acceptors (Lipinski definition) is 5. The van der Waals surface area contributed by atoms with Gasteiger partial charge in [0, 0.05) is 13.0 Å². The molecule has 0 aromatic carbocycles. The minimum atomic E-state index is -0.921. The first-order valence-corrected chi connectivity index (χ1v) is 6.88. The second-order valence-electron chi connectivity index (χ2n) is 4.78. The van der Waals surface area contributed by atoms with Crippen LogP contribution in [0.15, 0.2) is 0 Å². The fourth-order valence-electron chi connectivity index (χ4n) is 2.83. The Morgan fingerprint density at radius 1 is 1.61 bits per heavy atom. The number of carbonyl (C=O) groups is 1. The second kappa shape index (κ2) is 4.60. The lowest BCUT2D eigenvalue weighted by Crippen LogP contribution is -2.14. The van der Waals surface area contributed by atoms with Crippen molar-refractivity contribution in [3.05, 3.63) is 15.6 Å². The van der Waals surface area contributed by atoms with Crippen molar-refractivity contribution in [3.63, 3.8) is 0 Å². The predicted octanol–water partition coefficient (Wildman–Crippen LogP) is 2.02. The number of hydrogen-bond donors (Lipinski definition) is 1. The molecule has 1 aromatic rings. The van der Waals surface area contributed by atoms with Gasteiger partial charge in [-0.25, -0.2) is 9.78 Å². The highest BCUT2D eigenvalue weighted by Gasteiger charge is 2.43. The van der Waals surface area contributed by atoms with E-state index in [-0.39, 0.29) is 18.6 Å². The molecule has 3 rings (SSSR count). The largest absolute Gasteiger partial charge is 0.477 e. The number of ether oxygens (including phenoxy) is 2. The molecule has 2 aliphatic rings. The maximum atomic E-state index is 11.2. The summed E-state index contributed by atoms with van der Waals surface area (Å²) in [6, 6.07) is 0. The van der Waals surface area contributed by atoms with Gasteiger partial charge in [-0.2, -0.15) is 0 Å². The highest BCUT2D eigenvalue weighted by molar-refractivity contribution is 7.13. The van der Waals surface area contributed by atoms with E-state index in [0.717, 1.165) is 24.3 Å². The summed E-state index contributed by atoms with van der Waals surface area (Å²) in [6.07, 6.45) is 3.75. The van der Waals surface area contributed by atoms with Gasteiger partial charge >= 0.3 is 5.97 Å².